The monoisotopic (exact) mass is 236 g/mol. The molecule has 0 radical (unpaired) electrons. The molecular formula is C14H24N2O. The van der Waals surface area contributed by atoms with Gasteiger partial charge in [-0.15, -0.1) is 0 Å². The minimum Gasteiger partial charge on any atom is -0.399 e. The second-order valence-electron chi connectivity index (χ2n) is 4.13. The zero-order valence-corrected chi connectivity index (χ0v) is 11.0. The van der Waals surface area contributed by atoms with E-state index in [2.05, 4.69) is 30.9 Å². The highest BCUT2D eigenvalue weighted by molar-refractivity contribution is 5.39. The first-order chi connectivity index (χ1) is 8.26. The van der Waals surface area contributed by atoms with Crippen molar-refractivity contribution in [3.8, 4) is 0 Å². The lowest BCUT2D eigenvalue weighted by molar-refractivity contribution is 0.109. The van der Waals surface area contributed by atoms with Crippen molar-refractivity contribution in [2.75, 3.05) is 38.6 Å². The number of nitrogen functional groups attached to an aromatic ring is 1. The molecule has 0 saturated carbocycles. The van der Waals surface area contributed by atoms with E-state index in [0.717, 1.165) is 45.0 Å². The van der Waals surface area contributed by atoms with Gasteiger partial charge in [0.1, 0.15) is 0 Å². The Hall–Kier alpha value is -1.06. The lowest BCUT2D eigenvalue weighted by atomic mass is 10.1. The molecule has 0 aliphatic carbocycles. The maximum atomic E-state index is 5.63. The summed E-state index contributed by atoms with van der Waals surface area (Å²) in [5.74, 6) is 0. The number of likely N-dealkylation sites (N-methyl/N-ethyl adjacent to an activating group) is 1. The molecule has 0 spiro atoms. The topological polar surface area (TPSA) is 38.5 Å². The van der Waals surface area contributed by atoms with Crippen LogP contribution in [0.3, 0.4) is 0 Å². The van der Waals surface area contributed by atoms with Crippen molar-refractivity contribution >= 4 is 5.69 Å². The molecule has 0 heterocycles. The molecule has 0 saturated heterocycles. The highest BCUT2D eigenvalue weighted by Gasteiger charge is 1.98. The van der Waals surface area contributed by atoms with E-state index in [9.17, 15) is 0 Å². The average Bonchev–Trinajstić information content (AvgIpc) is 2.36. The van der Waals surface area contributed by atoms with Gasteiger partial charge < -0.3 is 15.4 Å². The van der Waals surface area contributed by atoms with Crippen molar-refractivity contribution in [1.82, 2.24) is 4.90 Å². The highest BCUT2D eigenvalue weighted by atomic mass is 16.5. The summed E-state index contributed by atoms with van der Waals surface area (Å²) in [6.07, 6.45) is 0.957. The van der Waals surface area contributed by atoms with Crippen LogP contribution in [0, 0.1) is 0 Å². The summed E-state index contributed by atoms with van der Waals surface area (Å²) >= 11 is 0. The van der Waals surface area contributed by atoms with Crippen molar-refractivity contribution < 1.29 is 4.74 Å². The molecule has 0 bridgehead atoms. The van der Waals surface area contributed by atoms with Crippen LogP contribution in [0.5, 0.6) is 0 Å². The van der Waals surface area contributed by atoms with Gasteiger partial charge in [-0.05, 0) is 37.2 Å². The third kappa shape index (κ3) is 5.71. The molecular weight excluding hydrogens is 212 g/mol. The van der Waals surface area contributed by atoms with Gasteiger partial charge in [-0.2, -0.15) is 0 Å². The fourth-order valence-electron chi connectivity index (χ4n) is 1.71. The lowest BCUT2D eigenvalue weighted by Crippen LogP contribution is -2.27. The molecule has 0 aliphatic rings. The van der Waals surface area contributed by atoms with Gasteiger partial charge in [-0.1, -0.05) is 26.0 Å². The molecule has 1 aromatic rings. The molecule has 17 heavy (non-hydrogen) atoms. The normalized spacial score (nSPS) is 11.0. The summed E-state index contributed by atoms with van der Waals surface area (Å²) in [6, 6.07) is 7.99. The summed E-state index contributed by atoms with van der Waals surface area (Å²) in [5, 5.41) is 0. The molecule has 1 aromatic carbocycles. The summed E-state index contributed by atoms with van der Waals surface area (Å²) in [7, 11) is 0. The van der Waals surface area contributed by atoms with Crippen molar-refractivity contribution in [3.63, 3.8) is 0 Å². The van der Waals surface area contributed by atoms with E-state index in [4.69, 9.17) is 10.5 Å². The maximum Gasteiger partial charge on any atom is 0.0593 e. The van der Waals surface area contributed by atoms with Crippen LogP contribution in [0.2, 0.25) is 0 Å². The first-order valence-corrected chi connectivity index (χ1v) is 6.40. The third-order valence-electron chi connectivity index (χ3n) is 2.96. The van der Waals surface area contributed by atoms with Crippen molar-refractivity contribution in [3.05, 3.63) is 29.8 Å². The molecule has 0 amide bonds. The molecule has 3 heteroatoms. The van der Waals surface area contributed by atoms with Crippen LogP contribution < -0.4 is 5.73 Å². The van der Waals surface area contributed by atoms with Gasteiger partial charge in [0.25, 0.3) is 0 Å². The van der Waals surface area contributed by atoms with Crippen molar-refractivity contribution in [2.45, 2.75) is 20.3 Å². The number of benzene rings is 1. The standard InChI is InChI=1S/C14H24N2O/c1-3-16(4-2)10-12-17-11-9-13-5-7-14(15)8-6-13/h5-8H,3-4,9-12,15H2,1-2H3. The smallest absolute Gasteiger partial charge is 0.0593 e. The number of hydrogen-bond donors (Lipinski definition) is 1. The zero-order chi connectivity index (χ0) is 12.5. The molecule has 0 fully saturated rings. The Labute approximate surface area is 105 Å². The van der Waals surface area contributed by atoms with Crippen LogP contribution in [-0.2, 0) is 11.2 Å². The van der Waals surface area contributed by atoms with Crippen LogP contribution >= 0.6 is 0 Å². The molecule has 0 aromatic heterocycles. The van der Waals surface area contributed by atoms with Gasteiger partial charge in [0, 0.05) is 12.2 Å². The first kappa shape index (κ1) is 14.0. The van der Waals surface area contributed by atoms with Crippen molar-refractivity contribution in [2.24, 2.45) is 0 Å². The lowest BCUT2D eigenvalue weighted by Gasteiger charge is -2.17. The number of nitrogens with two attached hydrogens (primary N) is 1. The Morgan fingerprint density at radius 3 is 2.29 bits per heavy atom. The van der Waals surface area contributed by atoms with E-state index in [-0.39, 0.29) is 0 Å². The number of rotatable bonds is 8. The van der Waals surface area contributed by atoms with Crippen molar-refractivity contribution in [1.29, 1.82) is 0 Å². The Balaban J connectivity index is 2.10. The van der Waals surface area contributed by atoms with E-state index < -0.39 is 0 Å². The van der Waals surface area contributed by atoms with Gasteiger partial charge in [-0.3, -0.25) is 0 Å². The maximum absolute atomic E-state index is 5.63. The molecule has 0 aliphatic heterocycles. The second-order valence-corrected chi connectivity index (χ2v) is 4.13. The molecule has 0 unspecified atom stereocenters. The van der Waals surface area contributed by atoms with Crippen LogP contribution in [0.1, 0.15) is 19.4 Å². The number of nitrogens with zero attached hydrogens (tertiary/aromatic N) is 1. The van der Waals surface area contributed by atoms with Gasteiger partial charge in [-0.25, -0.2) is 0 Å². The number of anilines is 1. The summed E-state index contributed by atoms with van der Waals surface area (Å²) in [4.78, 5) is 2.36. The Kier molecular flexibility index (Phi) is 6.67. The Morgan fingerprint density at radius 1 is 1.06 bits per heavy atom. The largest absolute Gasteiger partial charge is 0.399 e. The SMILES string of the molecule is CCN(CC)CCOCCc1ccc(N)cc1. The number of ether oxygens (including phenoxy) is 1. The minimum absolute atomic E-state index is 0.783. The molecule has 96 valence electrons. The van der Waals surface area contributed by atoms with Gasteiger partial charge in [0.2, 0.25) is 0 Å². The fourth-order valence-corrected chi connectivity index (χ4v) is 1.71. The van der Waals surface area contributed by atoms with E-state index in [1.54, 1.807) is 0 Å². The highest BCUT2D eigenvalue weighted by Crippen LogP contribution is 2.05. The molecule has 2 N–H and O–H groups in total. The van der Waals surface area contributed by atoms with E-state index in [0.29, 0.717) is 0 Å². The zero-order valence-electron chi connectivity index (χ0n) is 11.0. The van der Waals surface area contributed by atoms with Gasteiger partial charge >= 0.3 is 0 Å². The third-order valence-corrected chi connectivity index (χ3v) is 2.96. The Bertz CT molecular complexity index is 294. The van der Waals surface area contributed by atoms with Gasteiger partial charge in [0.15, 0.2) is 0 Å². The quantitative estimate of drug-likeness (QED) is 0.555. The first-order valence-electron chi connectivity index (χ1n) is 6.40. The van der Waals surface area contributed by atoms with Crippen LogP contribution in [0.4, 0.5) is 5.69 Å². The fraction of sp³-hybridized carbons (Fsp3) is 0.571. The second kappa shape index (κ2) is 8.09. The summed E-state index contributed by atoms with van der Waals surface area (Å²) in [5.41, 5.74) is 7.73. The summed E-state index contributed by atoms with van der Waals surface area (Å²) in [6.45, 7) is 9.17. The summed E-state index contributed by atoms with van der Waals surface area (Å²) < 4.78 is 5.63. The van der Waals surface area contributed by atoms with Crippen LogP contribution in [0.15, 0.2) is 24.3 Å². The van der Waals surface area contributed by atoms with E-state index >= 15 is 0 Å². The molecule has 3 nitrogen and oxygen atoms in total. The van der Waals surface area contributed by atoms with Crippen LogP contribution in [-0.4, -0.2) is 37.7 Å². The van der Waals surface area contributed by atoms with E-state index in [1.165, 1.54) is 5.56 Å². The average molecular weight is 236 g/mol. The minimum atomic E-state index is 0.783. The molecule has 1 rings (SSSR count). The van der Waals surface area contributed by atoms with Crippen LogP contribution in [0.25, 0.3) is 0 Å². The number of hydrogen-bond acceptors (Lipinski definition) is 3. The molecule has 0 atom stereocenters. The predicted octanol–water partition coefficient (Wildman–Crippen LogP) is 2.17. The predicted molar refractivity (Wildman–Crippen MR) is 73.2 cm³/mol. The van der Waals surface area contributed by atoms with E-state index in [1.807, 2.05) is 12.1 Å². The van der Waals surface area contributed by atoms with Gasteiger partial charge in [0.05, 0.1) is 13.2 Å². The Morgan fingerprint density at radius 2 is 1.71 bits per heavy atom.